The van der Waals surface area contributed by atoms with Gasteiger partial charge in [-0.15, -0.1) is 0 Å². The number of rotatable bonds is 2. The van der Waals surface area contributed by atoms with Gasteiger partial charge in [0.15, 0.2) is 0 Å². The Morgan fingerprint density at radius 1 is 1.11 bits per heavy atom. The minimum Gasteiger partial charge on any atom is -0.319 e. The maximum atomic E-state index is 13.3. The third-order valence-electron chi connectivity index (χ3n) is 5.19. The maximum Gasteiger partial charge on any atom is 0.276 e. The molecule has 1 aromatic heterocycles. The third kappa shape index (κ3) is 3.33. The van der Waals surface area contributed by atoms with E-state index in [9.17, 15) is 9.59 Å². The van der Waals surface area contributed by atoms with Crippen LogP contribution in [0.15, 0.2) is 30.5 Å². The first-order chi connectivity index (χ1) is 13.0. The molecule has 2 aliphatic heterocycles. The number of benzene rings is 1. The number of anilines is 3. The Kier molecular flexibility index (Phi) is 4.67. The number of likely N-dealkylation sites (N-methyl/N-ethyl adjacent to an activating group) is 1. The maximum absolute atomic E-state index is 13.3. The number of carbonyl (C=O) groups excluding carboxylic acids is 2. The molecule has 0 saturated carbocycles. The van der Waals surface area contributed by atoms with Gasteiger partial charge in [0.25, 0.3) is 5.91 Å². The Morgan fingerprint density at radius 2 is 1.93 bits per heavy atom. The molecule has 4 rings (SSSR count). The van der Waals surface area contributed by atoms with E-state index in [1.807, 2.05) is 24.3 Å². The van der Waals surface area contributed by atoms with Gasteiger partial charge in [-0.3, -0.25) is 24.1 Å². The zero-order valence-corrected chi connectivity index (χ0v) is 15.7. The van der Waals surface area contributed by atoms with Crippen LogP contribution in [0.25, 0.3) is 0 Å². The van der Waals surface area contributed by atoms with Crippen molar-refractivity contribution in [3.63, 3.8) is 0 Å². The minimum atomic E-state index is -0.260. The van der Waals surface area contributed by atoms with Gasteiger partial charge in [0.1, 0.15) is 11.4 Å². The summed E-state index contributed by atoms with van der Waals surface area (Å²) in [7, 11) is 3.82. The van der Waals surface area contributed by atoms with Crippen molar-refractivity contribution in [1.82, 2.24) is 19.6 Å². The number of carbonyl (C=O) groups is 2. The molecule has 0 atom stereocenters. The summed E-state index contributed by atoms with van der Waals surface area (Å²) in [5, 5.41) is 7.11. The molecule has 0 aliphatic carbocycles. The molecule has 1 fully saturated rings. The van der Waals surface area contributed by atoms with E-state index < -0.39 is 0 Å². The molecule has 27 heavy (non-hydrogen) atoms. The molecule has 1 aromatic carbocycles. The highest BCUT2D eigenvalue weighted by Gasteiger charge is 2.32. The van der Waals surface area contributed by atoms with Crippen LogP contribution in [0.3, 0.4) is 0 Å². The number of hydrogen-bond donors (Lipinski definition) is 1. The van der Waals surface area contributed by atoms with Crippen LogP contribution in [0.5, 0.6) is 0 Å². The summed E-state index contributed by atoms with van der Waals surface area (Å²) in [5.74, 6) is -0.318. The van der Waals surface area contributed by atoms with Crippen LogP contribution >= 0.6 is 0 Å². The number of nitrogens with zero attached hydrogens (tertiary/aromatic N) is 5. The standard InChI is InChI=1S/C19H24N6O2/c1-22-8-5-9-24(11-10-22)13-17(26)25-15-7-4-3-6-14(15)21-19(27)18-16(25)12-20-23(18)2/h3-4,6-7,12H,5,8-11,13H2,1-2H3,(H,21,27). The van der Waals surface area contributed by atoms with Crippen LogP contribution in [0.4, 0.5) is 17.1 Å². The van der Waals surface area contributed by atoms with E-state index in [4.69, 9.17) is 0 Å². The molecule has 0 spiro atoms. The van der Waals surface area contributed by atoms with Gasteiger partial charge in [-0.05, 0) is 38.7 Å². The van der Waals surface area contributed by atoms with E-state index in [0.717, 1.165) is 32.6 Å². The van der Waals surface area contributed by atoms with Crippen molar-refractivity contribution in [2.75, 3.05) is 50.0 Å². The molecule has 2 aromatic rings. The number of fused-ring (bicyclic) bond motifs is 2. The average molecular weight is 368 g/mol. The minimum absolute atomic E-state index is 0.0576. The smallest absolute Gasteiger partial charge is 0.276 e. The van der Waals surface area contributed by atoms with Crippen LogP contribution in [0, 0.1) is 0 Å². The molecule has 8 heteroatoms. The number of hydrogen-bond acceptors (Lipinski definition) is 5. The number of para-hydroxylation sites is 2. The molecule has 0 bridgehead atoms. The van der Waals surface area contributed by atoms with Gasteiger partial charge in [0, 0.05) is 20.1 Å². The summed E-state index contributed by atoms with van der Waals surface area (Å²) >= 11 is 0. The first kappa shape index (κ1) is 17.7. The Hall–Kier alpha value is -2.71. The highest BCUT2D eigenvalue weighted by Crippen LogP contribution is 2.37. The lowest BCUT2D eigenvalue weighted by Crippen LogP contribution is -2.40. The predicted molar refractivity (Wildman–Crippen MR) is 103 cm³/mol. The normalized spacial score (nSPS) is 18.3. The number of amides is 2. The summed E-state index contributed by atoms with van der Waals surface area (Å²) in [6.45, 7) is 4.05. The Labute approximate surface area is 158 Å². The predicted octanol–water partition coefficient (Wildman–Crippen LogP) is 1.29. The summed E-state index contributed by atoms with van der Waals surface area (Å²) in [5.41, 5.74) is 2.21. The van der Waals surface area contributed by atoms with Crippen molar-refractivity contribution in [1.29, 1.82) is 0 Å². The van der Waals surface area contributed by atoms with Crippen molar-refractivity contribution in [3.8, 4) is 0 Å². The summed E-state index contributed by atoms with van der Waals surface area (Å²) in [6.07, 6.45) is 2.63. The van der Waals surface area contributed by atoms with Gasteiger partial charge in [-0.1, -0.05) is 12.1 Å². The first-order valence-corrected chi connectivity index (χ1v) is 9.21. The first-order valence-electron chi connectivity index (χ1n) is 9.21. The van der Waals surface area contributed by atoms with Gasteiger partial charge < -0.3 is 10.2 Å². The summed E-state index contributed by atoms with van der Waals surface area (Å²) < 4.78 is 1.51. The fraction of sp³-hybridized carbons (Fsp3) is 0.421. The van der Waals surface area contributed by atoms with E-state index in [2.05, 4.69) is 27.3 Å². The molecule has 2 amide bonds. The van der Waals surface area contributed by atoms with Crippen LogP contribution in [0.2, 0.25) is 0 Å². The zero-order valence-electron chi connectivity index (χ0n) is 15.7. The van der Waals surface area contributed by atoms with Crippen LogP contribution < -0.4 is 10.2 Å². The summed E-state index contributed by atoms with van der Waals surface area (Å²) in [4.78, 5) is 32.1. The van der Waals surface area contributed by atoms with Crippen LogP contribution in [0.1, 0.15) is 16.9 Å². The second-order valence-corrected chi connectivity index (χ2v) is 7.14. The van der Waals surface area contributed by atoms with Gasteiger partial charge in [0.05, 0.1) is 24.1 Å². The summed E-state index contributed by atoms with van der Waals surface area (Å²) in [6, 6.07) is 7.38. The Balaban J connectivity index is 1.69. The van der Waals surface area contributed by atoms with Crippen molar-refractivity contribution < 1.29 is 9.59 Å². The van der Waals surface area contributed by atoms with Gasteiger partial charge >= 0.3 is 0 Å². The zero-order chi connectivity index (χ0) is 19.0. The van der Waals surface area contributed by atoms with E-state index in [1.54, 1.807) is 18.1 Å². The van der Waals surface area contributed by atoms with E-state index in [0.29, 0.717) is 29.3 Å². The molecule has 0 radical (unpaired) electrons. The monoisotopic (exact) mass is 368 g/mol. The molecule has 142 valence electrons. The van der Waals surface area contributed by atoms with E-state index in [-0.39, 0.29) is 11.8 Å². The van der Waals surface area contributed by atoms with Gasteiger partial charge in [-0.25, -0.2) is 0 Å². The fourth-order valence-corrected chi connectivity index (χ4v) is 3.73. The van der Waals surface area contributed by atoms with Crippen molar-refractivity contribution >= 4 is 28.9 Å². The van der Waals surface area contributed by atoms with Crippen molar-refractivity contribution in [2.24, 2.45) is 7.05 Å². The van der Waals surface area contributed by atoms with Crippen molar-refractivity contribution in [2.45, 2.75) is 6.42 Å². The van der Waals surface area contributed by atoms with Crippen LogP contribution in [-0.2, 0) is 11.8 Å². The lowest BCUT2D eigenvalue weighted by Gasteiger charge is -2.26. The molecule has 1 N–H and O–H groups in total. The topological polar surface area (TPSA) is 73.7 Å². The molecule has 0 unspecified atom stereocenters. The SMILES string of the molecule is CN1CCCN(CC(=O)N2c3ccccc3NC(=O)c3c2cnn3C)CC1. The second-order valence-electron chi connectivity index (χ2n) is 7.14. The Morgan fingerprint density at radius 3 is 2.78 bits per heavy atom. The largest absolute Gasteiger partial charge is 0.319 e. The molecule has 2 aliphatic rings. The molecule has 1 saturated heterocycles. The van der Waals surface area contributed by atoms with Gasteiger partial charge in [0.2, 0.25) is 5.91 Å². The third-order valence-corrected chi connectivity index (χ3v) is 5.19. The lowest BCUT2D eigenvalue weighted by molar-refractivity contribution is -0.119. The van der Waals surface area contributed by atoms with E-state index in [1.165, 1.54) is 4.68 Å². The molecular weight excluding hydrogens is 344 g/mol. The molecule has 8 nitrogen and oxygen atoms in total. The highest BCUT2D eigenvalue weighted by molar-refractivity contribution is 6.17. The molecular formula is C19H24N6O2. The fourth-order valence-electron chi connectivity index (χ4n) is 3.73. The van der Waals surface area contributed by atoms with Gasteiger partial charge in [-0.2, -0.15) is 5.10 Å². The number of aromatic nitrogens is 2. The van der Waals surface area contributed by atoms with Crippen LogP contribution in [-0.4, -0.2) is 71.2 Å². The van der Waals surface area contributed by atoms with E-state index >= 15 is 0 Å². The number of nitrogens with one attached hydrogen (secondary N) is 1. The average Bonchev–Trinajstić information content (AvgIpc) is 2.82. The highest BCUT2D eigenvalue weighted by atomic mass is 16.2. The molecule has 3 heterocycles. The lowest BCUT2D eigenvalue weighted by atomic mass is 10.2. The second kappa shape index (κ2) is 7.13. The quantitative estimate of drug-likeness (QED) is 0.865. The number of aryl methyl sites for hydroxylation is 1. The Bertz CT molecular complexity index is 877. The van der Waals surface area contributed by atoms with Crippen molar-refractivity contribution in [3.05, 3.63) is 36.2 Å².